The number of aromatic nitrogens is 2. The van der Waals surface area contributed by atoms with E-state index in [2.05, 4.69) is 10.3 Å². The first-order valence-corrected chi connectivity index (χ1v) is 4.70. The van der Waals surface area contributed by atoms with Crippen LogP contribution in [0.2, 0.25) is 0 Å². The van der Waals surface area contributed by atoms with Gasteiger partial charge in [-0.1, -0.05) is 6.07 Å². The van der Waals surface area contributed by atoms with Crippen LogP contribution >= 0.6 is 0 Å². The summed E-state index contributed by atoms with van der Waals surface area (Å²) < 4.78 is 38.8. The molecule has 0 amide bonds. The highest BCUT2D eigenvalue weighted by Gasteiger charge is 2.35. The van der Waals surface area contributed by atoms with Crippen LogP contribution in [0.25, 0.3) is 5.52 Å². The molecular weight excluding hydrogens is 219 g/mol. The molecule has 6 heteroatoms. The summed E-state index contributed by atoms with van der Waals surface area (Å²) in [6, 6.07) is 3.39. The summed E-state index contributed by atoms with van der Waals surface area (Å²) in [4.78, 5) is 3.39. The van der Waals surface area contributed by atoms with Crippen molar-refractivity contribution in [2.45, 2.75) is 12.7 Å². The highest BCUT2D eigenvalue weighted by molar-refractivity contribution is 5.47. The number of hydrogen-bond acceptors (Lipinski definition) is 2. The third kappa shape index (κ3) is 1.88. The maximum atomic E-state index is 12.6. The minimum absolute atomic E-state index is 0.437. The number of pyridine rings is 1. The molecule has 0 radical (unpaired) electrons. The number of fused-ring (bicyclic) bond motifs is 1. The Balaban J connectivity index is 2.56. The van der Waals surface area contributed by atoms with Gasteiger partial charge in [-0.05, 0) is 18.7 Å². The molecule has 16 heavy (non-hydrogen) atoms. The van der Waals surface area contributed by atoms with E-state index in [0.29, 0.717) is 12.1 Å². The van der Waals surface area contributed by atoms with Crippen LogP contribution in [0.4, 0.5) is 13.2 Å². The Labute approximate surface area is 89.9 Å². The van der Waals surface area contributed by atoms with Crippen molar-refractivity contribution in [1.82, 2.24) is 14.7 Å². The van der Waals surface area contributed by atoms with Crippen molar-refractivity contribution in [3.8, 4) is 0 Å². The Bertz CT molecular complexity index is 501. The summed E-state index contributed by atoms with van der Waals surface area (Å²) in [5, 5.41) is 2.88. The minimum Gasteiger partial charge on any atom is -0.316 e. The first-order chi connectivity index (χ1) is 7.52. The predicted molar refractivity (Wildman–Crippen MR) is 53.0 cm³/mol. The Kier molecular flexibility index (Phi) is 2.59. The summed E-state index contributed by atoms with van der Waals surface area (Å²) in [5.41, 5.74) is 1.21. The molecule has 0 spiro atoms. The van der Waals surface area contributed by atoms with E-state index in [-0.39, 0.29) is 0 Å². The molecule has 0 aliphatic heterocycles. The van der Waals surface area contributed by atoms with Gasteiger partial charge in [0.1, 0.15) is 0 Å². The number of nitrogens with one attached hydrogen (secondary N) is 1. The molecule has 1 N–H and O–H groups in total. The lowest BCUT2D eigenvalue weighted by Gasteiger charge is -2.07. The second-order valence-corrected chi connectivity index (χ2v) is 3.44. The van der Waals surface area contributed by atoms with Gasteiger partial charge in [0.15, 0.2) is 0 Å². The molecule has 0 unspecified atom stereocenters. The van der Waals surface area contributed by atoms with Gasteiger partial charge < -0.3 is 5.32 Å². The standard InChI is InChI=1S/C10H10F3N3/c1-14-4-7-2-3-8-5-15-9(10(11,12)13)16(8)6-7/h2-3,5-6,14H,4H2,1H3. The highest BCUT2D eigenvalue weighted by Crippen LogP contribution is 2.28. The Morgan fingerprint density at radius 3 is 2.75 bits per heavy atom. The smallest absolute Gasteiger partial charge is 0.316 e. The van der Waals surface area contributed by atoms with Crippen molar-refractivity contribution in [3.63, 3.8) is 0 Å². The number of nitrogens with zero attached hydrogens (tertiary/aromatic N) is 2. The number of rotatable bonds is 2. The van der Waals surface area contributed by atoms with Crippen LogP contribution < -0.4 is 5.32 Å². The molecule has 3 nitrogen and oxygen atoms in total. The summed E-state index contributed by atoms with van der Waals surface area (Å²) in [5.74, 6) is -0.888. The van der Waals surface area contributed by atoms with E-state index in [4.69, 9.17) is 0 Å². The van der Waals surface area contributed by atoms with Crippen LogP contribution in [-0.2, 0) is 12.7 Å². The lowest BCUT2D eigenvalue weighted by molar-refractivity contribution is -0.145. The van der Waals surface area contributed by atoms with Gasteiger partial charge >= 0.3 is 6.18 Å². The van der Waals surface area contributed by atoms with Gasteiger partial charge in [0.05, 0.1) is 11.7 Å². The first-order valence-electron chi connectivity index (χ1n) is 4.70. The van der Waals surface area contributed by atoms with E-state index in [9.17, 15) is 13.2 Å². The van der Waals surface area contributed by atoms with Gasteiger partial charge in [0, 0.05) is 12.7 Å². The maximum absolute atomic E-state index is 12.6. The van der Waals surface area contributed by atoms with Crippen molar-refractivity contribution in [3.05, 3.63) is 35.9 Å². The van der Waals surface area contributed by atoms with Gasteiger partial charge in [-0.2, -0.15) is 13.2 Å². The summed E-state index contributed by atoms with van der Waals surface area (Å²) in [7, 11) is 1.74. The van der Waals surface area contributed by atoms with Crippen molar-refractivity contribution in [1.29, 1.82) is 0 Å². The Hall–Kier alpha value is -1.56. The predicted octanol–water partition coefficient (Wildman–Crippen LogP) is 2.07. The van der Waals surface area contributed by atoms with Gasteiger partial charge in [0.2, 0.25) is 5.82 Å². The van der Waals surface area contributed by atoms with E-state index in [1.165, 1.54) is 12.4 Å². The summed E-state index contributed by atoms with van der Waals surface area (Å²) >= 11 is 0. The molecule has 0 saturated heterocycles. The summed E-state index contributed by atoms with van der Waals surface area (Å²) in [6.07, 6.45) is -1.77. The monoisotopic (exact) mass is 229 g/mol. The van der Waals surface area contributed by atoms with Crippen LogP contribution in [0.1, 0.15) is 11.4 Å². The minimum atomic E-state index is -4.43. The van der Waals surface area contributed by atoms with E-state index >= 15 is 0 Å². The fourth-order valence-electron chi connectivity index (χ4n) is 1.55. The average molecular weight is 229 g/mol. The number of halogens is 3. The van der Waals surface area contributed by atoms with Gasteiger partial charge in [0.25, 0.3) is 0 Å². The van der Waals surface area contributed by atoms with Crippen LogP contribution in [-0.4, -0.2) is 16.4 Å². The van der Waals surface area contributed by atoms with Crippen LogP contribution in [0.15, 0.2) is 24.5 Å². The van der Waals surface area contributed by atoms with E-state index in [1.807, 2.05) is 0 Å². The zero-order chi connectivity index (χ0) is 11.8. The van der Waals surface area contributed by atoms with E-state index in [1.54, 1.807) is 19.2 Å². The van der Waals surface area contributed by atoms with Crippen molar-refractivity contribution in [2.75, 3.05) is 7.05 Å². The molecular formula is C10H10F3N3. The van der Waals surface area contributed by atoms with Gasteiger partial charge in [-0.3, -0.25) is 4.40 Å². The fourth-order valence-corrected chi connectivity index (χ4v) is 1.55. The van der Waals surface area contributed by atoms with Gasteiger partial charge in [-0.25, -0.2) is 4.98 Å². The molecule has 2 aromatic heterocycles. The normalized spacial score (nSPS) is 12.2. The van der Waals surface area contributed by atoms with Crippen molar-refractivity contribution < 1.29 is 13.2 Å². The molecule has 0 aliphatic rings. The van der Waals surface area contributed by atoms with Crippen molar-refractivity contribution >= 4 is 5.52 Å². The third-order valence-corrected chi connectivity index (χ3v) is 2.22. The molecule has 86 valence electrons. The van der Waals surface area contributed by atoms with Crippen LogP contribution in [0.5, 0.6) is 0 Å². The second-order valence-electron chi connectivity index (χ2n) is 3.44. The third-order valence-electron chi connectivity index (χ3n) is 2.22. The SMILES string of the molecule is CNCc1ccc2cnc(C(F)(F)F)n2c1. The maximum Gasteiger partial charge on any atom is 0.450 e. The quantitative estimate of drug-likeness (QED) is 0.854. The number of imidazole rings is 1. The molecule has 2 aromatic rings. The molecule has 0 aromatic carbocycles. The Morgan fingerprint density at radius 1 is 1.38 bits per heavy atom. The molecule has 2 heterocycles. The van der Waals surface area contributed by atoms with Crippen LogP contribution in [0.3, 0.4) is 0 Å². The van der Waals surface area contributed by atoms with E-state index in [0.717, 1.165) is 9.96 Å². The average Bonchev–Trinajstić information content (AvgIpc) is 2.60. The molecule has 0 bridgehead atoms. The molecule has 0 saturated carbocycles. The topological polar surface area (TPSA) is 29.3 Å². The zero-order valence-electron chi connectivity index (χ0n) is 8.54. The molecule has 0 atom stereocenters. The Morgan fingerprint density at radius 2 is 2.12 bits per heavy atom. The fraction of sp³-hybridized carbons (Fsp3) is 0.300. The summed E-state index contributed by atoms with van der Waals surface area (Å²) in [6.45, 7) is 0.519. The molecule has 0 aliphatic carbocycles. The number of hydrogen-bond donors (Lipinski definition) is 1. The number of alkyl halides is 3. The van der Waals surface area contributed by atoms with Gasteiger partial charge in [-0.15, -0.1) is 0 Å². The second kappa shape index (κ2) is 3.79. The van der Waals surface area contributed by atoms with Crippen molar-refractivity contribution in [2.24, 2.45) is 0 Å². The van der Waals surface area contributed by atoms with Crippen LogP contribution in [0, 0.1) is 0 Å². The molecule has 0 fully saturated rings. The first kappa shape index (κ1) is 10.9. The zero-order valence-corrected chi connectivity index (χ0v) is 8.54. The lowest BCUT2D eigenvalue weighted by Crippen LogP contribution is -2.12. The largest absolute Gasteiger partial charge is 0.450 e. The lowest BCUT2D eigenvalue weighted by atomic mass is 10.2. The van der Waals surface area contributed by atoms with E-state index < -0.39 is 12.0 Å². The molecule has 2 rings (SSSR count). The highest BCUT2D eigenvalue weighted by atomic mass is 19.4.